The number of nitrogens with zero attached hydrogens (tertiary/aromatic N) is 6. The summed E-state index contributed by atoms with van der Waals surface area (Å²) >= 11 is 0. The Morgan fingerprint density at radius 2 is 1.68 bits per heavy atom. The second kappa shape index (κ2) is 6.56. The average molecular weight is 368 g/mol. The predicted molar refractivity (Wildman–Crippen MR) is 109 cm³/mol. The summed E-state index contributed by atoms with van der Waals surface area (Å²) in [5, 5.41) is 8.50. The molecule has 0 bridgehead atoms. The summed E-state index contributed by atoms with van der Waals surface area (Å²) in [6, 6.07) is 18.7. The van der Waals surface area contributed by atoms with E-state index < -0.39 is 0 Å². The molecule has 138 valence electrons. The summed E-state index contributed by atoms with van der Waals surface area (Å²) in [5.41, 5.74) is 5.87. The highest BCUT2D eigenvalue weighted by molar-refractivity contribution is 5.80. The molecule has 0 N–H and O–H groups in total. The Hall–Kier alpha value is -3.54. The fraction of sp³-hybridized carbons (Fsp3) is 0.182. The van der Waals surface area contributed by atoms with Gasteiger partial charge < -0.3 is 4.57 Å². The third-order valence-corrected chi connectivity index (χ3v) is 5.03. The maximum Gasteiger partial charge on any atom is 0.182 e. The summed E-state index contributed by atoms with van der Waals surface area (Å²) in [4.78, 5) is 9.82. The first kappa shape index (κ1) is 16.6. The van der Waals surface area contributed by atoms with Crippen LogP contribution >= 0.6 is 0 Å². The van der Waals surface area contributed by atoms with E-state index >= 15 is 0 Å². The number of rotatable bonds is 4. The minimum absolute atomic E-state index is 0.735. The van der Waals surface area contributed by atoms with Crippen LogP contribution < -0.4 is 0 Å². The van der Waals surface area contributed by atoms with Gasteiger partial charge in [-0.15, -0.1) is 10.2 Å². The van der Waals surface area contributed by atoms with Gasteiger partial charge in [-0.2, -0.15) is 0 Å². The Bertz CT molecular complexity index is 1280. The van der Waals surface area contributed by atoms with Crippen molar-refractivity contribution in [1.82, 2.24) is 29.1 Å². The lowest BCUT2D eigenvalue weighted by atomic mass is 10.2. The van der Waals surface area contributed by atoms with Crippen molar-refractivity contribution >= 4 is 16.7 Å². The summed E-state index contributed by atoms with van der Waals surface area (Å²) in [5.74, 6) is 1.70. The molecular weight excluding hydrogens is 348 g/mol. The van der Waals surface area contributed by atoms with Crippen LogP contribution in [0.15, 0.2) is 60.8 Å². The molecule has 0 aliphatic heterocycles. The van der Waals surface area contributed by atoms with Crippen molar-refractivity contribution in [3.63, 3.8) is 0 Å². The third kappa shape index (κ3) is 2.65. The SMILES string of the molecule is CCc1nc(-c2nc3ccccc3n2Cc2ccccc2)cn2c(C)nnc12. The van der Waals surface area contributed by atoms with E-state index in [2.05, 4.69) is 52.0 Å². The van der Waals surface area contributed by atoms with Gasteiger partial charge in [-0.3, -0.25) is 4.40 Å². The van der Waals surface area contributed by atoms with E-state index in [1.165, 1.54) is 5.56 Å². The Balaban J connectivity index is 1.76. The van der Waals surface area contributed by atoms with Crippen molar-refractivity contribution in [1.29, 1.82) is 0 Å². The number of imidazole rings is 1. The summed E-state index contributed by atoms with van der Waals surface area (Å²) < 4.78 is 4.24. The van der Waals surface area contributed by atoms with Crippen molar-refractivity contribution in [2.24, 2.45) is 0 Å². The number of hydrogen-bond acceptors (Lipinski definition) is 4. The number of fused-ring (bicyclic) bond motifs is 2. The lowest BCUT2D eigenvalue weighted by Gasteiger charge is -2.11. The van der Waals surface area contributed by atoms with E-state index in [4.69, 9.17) is 9.97 Å². The number of aryl methyl sites for hydroxylation is 2. The van der Waals surface area contributed by atoms with Crippen LogP contribution in [0, 0.1) is 6.92 Å². The Morgan fingerprint density at radius 1 is 0.893 bits per heavy atom. The van der Waals surface area contributed by atoms with Crippen molar-refractivity contribution in [2.75, 3.05) is 0 Å². The summed E-state index contributed by atoms with van der Waals surface area (Å²) in [6.45, 7) is 4.78. The van der Waals surface area contributed by atoms with E-state index in [0.29, 0.717) is 0 Å². The molecule has 0 saturated carbocycles. The van der Waals surface area contributed by atoms with Crippen molar-refractivity contribution in [3.05, 3.63) is 77.9 Å². The van der Waals surface area contributed by atoms with Gasteiger partial charge in [0, 0.05) is 12.7 Å². The number of hydrogen-bond donors (Lipinski definition) is 0. The van der Waals surface area contributed by atoms with E-state index in [-0.39, 0.29) is 0 Å². The first-order chi connectivity index (χ1) is 13.7. The minimum atomic E-state index is 0.735. The monoisotopic (exact) mass is 368 g/mol. The van der Waals surface area contributed by atoms with Gasteiger partial charge in [0.05, 0.1) is 16.7 Å². The van der Waals surface area contributed by atoms with Crippen LogP contribution in [0.1, 0.15) is 24.0 Å². The van der Waals surface area contributed by atoms with E-state index in [1.54, 1.807) is 0 Å². The first-order valence-electron chi connectivity index (χ1n) is 9.45. The van der Waals surface area contributed by atoms with Gasteiger partial charge in [-0.1, -0.05) is 49.4 Å². The van der Waals surface area contributed by atoms with Gasteiger partial charge in [0.2, 0.25) is 0 Å². The van der Waals surface area contributed by atoms with E-state index in [1.807, 2.05) is 41.8 Å². The first-order valence-corrected chi connectivity index (χ1v) is 9.45. The van der Waals surface area contributed by atoms with Crippen LogP contribution in [0.4, 0.5) is 0 Å². The Morgan fingerprint density at radius 3 is 2.50 bits per heavy atom. The normalized spacial score (nSPS) is 11.5. The van der Waals surface area contributed by atoms with Gasteiger partial charge in [-0.25, -0.2) is 9.97 Å². The van der Waals surface area contributed by atoms with Crippen LogP contribution in [0.3, 0.4) is 0 Å². The zero-order chi connectivity index (χ0) is 19.1. The molecule has 0 aliphatic carbocycles. The third-order valence-electron chi connectivity index (χ3n) is 5.03. The number of para-hydroxylation sites is 2. The highest BCUT2D eigenvalue weighted by atomic mass is 15.3. The molecule has 3 aromatic heterocycles. The van der Waals surface area contributed by atoms with E-state index in [0.717, 1.165) is 52.7 Å². The molecule has 5 rings (SSSR count). The van der Waals surface area contributed by atoms with Gasteiger partial charge in [-0.05, 0) is 31.0 Å². The molecular formula is C22H20N6. The fourth-order valence-electron chi connectivity index (χ4n) is 3.61. The highest BCUT2D eigenvalue weighted by Gasteiger charge is 2.17. The molecule has 0 atom stereocenters. The van der Waals surface area contributed by atoms with Gasteiger partial charge in [0.15, 0.2) is 11.5 Å². The molecule has 0 amide bonds. The molecule has 3 heterocycles. The standard InChI is InChI=1S/C22H20N6/c1-3-17-22-26-25-15(2)27(22)14-19(23-17)21-24-18-11-7-8-12-20(18)28(21)13-16-9-5-4-6-10-16/h4-12,14H,3,13H2,1-2H3. The molecule has 0 saturated heterocycles. The molecule has 28 heavy (non-hydrogen) atoms. The molecule has 2 aromatic carbocycles. The molecule has 5 aromatic rings. The summed E-state index contributed by atoms with van der Waals surface area (Å²) in [7, 11) is 0. The molecule has 6 nitrogen and oxygen atoms in total. The second-order valence-corrected chi connectivity index (χ2v) is 6.86. The van der Waals surface area contributed by atoms with Gasteiger partial charge in [0.25, 0.3) is 0 Å². The van der Waals surface area contributed by atoms with Crippen LogP contribution in [0.25, 0.3) is 28.2 Å². The topological polar surface area (TPSA) is 60.9 Å². The zero-order valence-corrected chi connectivity index (χ0v) is 15.9. The van der Waals surface area contributed by atoms with Crippen LogP contribution in [0.2, 0.25) is 0 Å². The van der Waals surface area contributed by atoms with Crippen LogP contribution in [-0.4, -0.2) is 29.1 Å². The Labute approximate surface area is 162 Å². The van der Waals surface area contributed by atoms with Crippen molar-refractivity contribution in [3.8, 4) is 11.5 Å². The smallest absolute Gasteiger partial charge is 0.182 e. The maximum atomic E-state index is 4.92. The second-order valence-electron chi connectivity index (χ2n) is 6.86. The van der Waals surface area contributed by atoms with Gasteiger partial charge in [0.1, 0.15) is 11.5 Å². The summed E-state index contributed by atoms with van der Waals surface area (Å²) in [6.07, 6.45) is 2.78. The molecule has 0 aliphatic rings. The maximum absolute atomic E-state index is 4.92. The molecule has 0 spiro atoms. The zero-order valence-electron chi connectivity index (χ0n) is 15.9. The quantitative estimate of drug-likeness (QED) is 0.480. The average Bonchev–Trinajstić information content (AvgIpc) is 3.29. The van der Waals surface area contributed by atoms with Crippen LogP contribution in [-0.2, 0) is 13.0 Å². The van der Waals surface area contributed by atoms with Gasteiger partial charge >= 0.3 is 0 Å². The number of benzene rings is 2. The highest BCUT2D eigenvalue weighted by Crippen LogP contribution is 2.26. The lowest BCUT2D eigenvalue weighted by molar-refractivity contribution is 0.825. The molecule has 0 fully saturated rings. The molecule has 0 radical (unpaired) electrons. The predicted octanol–water partition coefficient (Wildman–Crippen LogP) is 4.06. The Kier molecular flexibility index (Phi) is 3.90. The molecule has 6 heteroatoms. The van der Waals surface area contributed by atoms with Crippen LogP contribution in [0.5, 0.6) is 0 Å². The minimum Gasteiger partial charge on any atom is -0.318 e. The fourth-order valence-corrected chi connectivity index (χ4v) is 3.61. The van der Waals surface area contributed by atoms with E-state index in [9.17, 15) is 0 Å². The number of aromatic nitrogens is 6. The lowest BCUT2D eigenvalue weighted by Crippen LogP contribution is -2.06. The molecule has 0 unspecified atom stereocenters. The largest absolute Gasteiger partial charge is 0.318 e. The van der Waals surface area contributed by atoms with Crippen molar-refractivity contribution in [2.45, 2.75) is 26.8 Å². The van der Waals surface area contributed by atoms with Crippen molar-refractivity contribution < 1.29 is 0 Å².